The highest BCUT2D eigenvalue weighted by Crippen LogP contribution is 2.24. The number of benzene rings is 1. The number of methoxy groups -OCH3 is 1. The van der Waals surface area contributed by atoms with E-state index in [0.29, 0.717) is 16.3 Å². The lowest BCUT2D eigenvalue weighted by Gasteiger charge is -2.10. The first kappa shape index (κ1) is 12.3. The second-order valence-corrected chi connectivity index (χ2v) is 3.59. The molecule has 1 aromatic carbocycles. The molecule has 0 heterocycles. The minimum atomic E-state index is -0.440. The van der Waals surface area contributed by atoms with Gasteiger partial charge in [-0.25, -0.2) is 4.79 Å². The topological polar surface area (TPSA) is 62.1 Å². The first-order chi connectivity index (χ1) is 7.58. The zero-order valence-electron chi connectivity index (χ0n) is 8.95. The fourth-order valence-corrected chi connectivity index (χ4v) is 1.32. The molecule has 0 saturated carbocycles. The van der Waals surface area contributed by atoms with Crippen LogP contribution in [0.25, 0.3) is 0 Å². The maximum Gasteiger partial charge on any atom is 0.337 e. The first-order valence-corrected chi connectivity index (χ1v) is 5.00. The summed E-state index contributed by atoms with van der Waals surface area (Å²) < 4.78 is 4.59. The fraction of sp³-hybridized carbons (Fsp3) is 0.273. The molecule has 84 valence electrons. The van der Waals surface area contributed by atoms with Crippen LogP contribution in [0.5, 0.6) is 0 Å². The lowest BCUT2D eigenvalue weighted by molar-refractivity contribution is 0.0601. The Labute approximate surface area is 98.8 Å². The molecular formula is C11H11ClN2O2. The Morgan fingerprint density at radius 2 is 2.31 bits per heavy atom. The van der Waals surface area contributed by atoms with E-state index >= 15 is 0 Å². The van der Waals surface area contributed by atoms with Gasteiger partial charge in [0.2, 0.25) is 0 Å². The van der Waals surface area contributed by atoms with Crippen LogP contribution in [-0.2, 0) is 4.74 Å². The van der Waals surface area contributed by atoms with Crippen LogP contribution in [0, 0.1) is 11.3 Å². The third-order valence-electron chi connectivity index (χ3n) is 1.95. The van der Waals surface area contributed by atoms with Crippen LogP contribution in [-0.4, -0.2) is 19.1 Å². The van der Waals surface area contributed by atoms with Crippen LogP contribution < -0.4 is 5.32 Å². The van der Waals surface area contributed by atoms with E-state index in [1.54, 1.807) is 25.1 Å². The Balaban J connectivity index is 3.00. The summed E-state index contributed by atoms with van der Waals surface area (Å²) in [6.07, 6.45) is 0. The molecule has 1 rings (SSSR count). The highest BCUT2D eigenvalue weighted by Gasteiger charge is 2.10. The molecule has 0 amide bonds. The Morgan fingerprint density at radius 1 is 1.62 bits per heavy atom. The van der Waals surface area contributed by atoms with Gasteiger partial charge in [0, 0.05) is 0 Å². The van der Waals surface area contributed by atoms with Crippen molar-refractivity contribution in [2.24, 2.45) is 0 Å². The normalized spacial score (nSPS) is 11.4. The monoisotopic (exact) mass is 238 g/mol. The standard InChI is InChI=1S/C11H11ClN2O2/c1-7(6-13)14-10-5-8(11(15)16-2)3-4-9(10)12/h3-5,7,14H,1-2H3. The van der Waals surface area contributed by atoms with E-state index in [-0.39, 0.29) is 6.04 Å². The van der Waals surface area contributed by atoms with Crippen LogP contribution in [0.1, 0.15) is 17.3 Å². The molecule has 16 heavy (non-hydrogen) atoms. The van der Waals surface area contributed by atoms with E-state index in [2.05, 4.69) is 10.1 Å². The summed E-state index contributed by atoms with van der Waals surface area (Å²) >= 11 is 5.92. The minimum Gasteiger partial charge on any atom is -0.465 e. The van der Waals surface area contributed by atoms with Gasteiger partial charge in [0.15, 0.2) is 0 Å². The summed E-state index contributed by atoms with van der Waals surface area (Å²) in [5.41, 5.74) is 0.929. The average molecular weight is 239 g/mol. The molecule has 1 N–H and O–H groups in total. The van der Waals surface area contributed by atoms with Crippen LogP contribution in [0.15, 0.2) is 18.2 Å². The molecule has 0 aliphatic heterocycles. The van der Waals surface area contributed by atoms with Gasteiger partial charge in [-0.05, 0) is 25.1 Å². The molecule has 4 nitrogen and oxygen atoms in total. The van der Waals surface area contributed by atoms with E-state index in [9.17, 15) is 4.79 Å². The number of esters is 1. The summed E-state index contributed by atoms with van der Waals surface area (Å²) in [4.78, 5) is 11.3. The van der Waals surface area contributed by atoms with Crippen molar-refractivity contribution in [3.63, 3.8) is 0 Å². The Morgan fingerprint density at radius 3 is 2.88 bits per heavy atom. The molecular weight excluding hydrogens is 228 g/mol. The lowest BCUT2D eigenvalue weighted by atomic mass is 10.2. The molecule has 0 aromatic heterocycles. The Hall–Kier alpha value is -1.73. The fourth-order valence-electron chi connectivity index (χ4n) is 1.15. The number of carbonyl (C=O) groups excluding carboxylic acids is 1. The molecule has 0 aliphatic rings. The van der Waals surface area contributed by atoms with Gasteiger partial charge in [-0.3, -0.25) is 0 Å². The molecule has 5 heteroatoms. The summed E-state index contributed by atoms with van der Waals surface area (Å²) in [5, 5.41) is 12.0. The van der Waals surface area contributed by atoms with Crippen molar-refractivity contribution in [1.29, 1.82) is 5.26 Å². The molecule has 1 atom stereocenters. The van der Waals surface area contributed by atoms with Crippen molar-refractivity contribution in [2.75, 3.05) is 12.4 Å². The number of anilines is 1. The van der Waals surface area contributed by atoms with Gasteiger partial charge in [0.25, 0.3) is 0 Å². The molecule has 0 spiro atoms. The van der Waals surface area contributed by atoms with Crippen LogP contribution >= 0.6 is 11.6 Å². The maximum absolute atomic E-state index is 11.3. The zero-order valence-corrected chi connectivity index (χ0v) is 9.71. The number of halogens is 1. The molecule has 0 aliphatic carbocycles. The highest BCUT2D eigenvalue weighted by atomic mass is 35.5. The third kappa shape index (κ3) is 2.88. The van der Waals surface area contributed by atoms with Crippen molar-refractivity contribution in [3.8, 4) is 6.07 Å². The van der Waals surface area contributed by atoms with Crippen LogP contribution in [0.4, 0.5) is 5.69 Å². The van der Waals surface area contributed by atoms with E-state index in [4.69, 9.17) is 16.9 Å². The van der Waals surface area contributed by atoms with Crippen LogP contribution in [0.2, 0.25) is 5.02 Å². The van der Waals surface area contributed by atoms with Crippen molar-refractivity contribution in [3.05, 3.63) is 28.8 Å². The number of ether oxygens (including phenoxy) is 1. The number of nitriles is 1. The smallest absolute Gasteiger partial charge is 0.337 e. The number of hydrogen-bond acceptors (Lipinski definition) is 4. The molecule has 0 saturated heterocycles. The highest BCUT2D eigenvalue weighted by molar-refractivity contribution is 6.33. The quantitative estimate of drug-likeness (QED) is 0.822. The van der Waals surface area contributed by atoms with E-state index in [1.807, 2.05) is 6.07 Å². The Kier molecular flexibility index (Phi) is 4.15. The Bertz CT molecular complexity index is 440. The lowest BCUT2D eigenvalue weighted by Crippen LogP contribution is -2.13. The van der Waals surface area contributed by atoms with Gasteiger partial charge < -0.3 is 10.1 Å². The second kappa shape index (κ2) is 5.38. The largest absolute Gasteiger partial charge is 0.465 e. The van der Waals surface area contributed by atoms with Crippen molar-refractivity contribution in [1.82, 2.24) is 0 Å². The average Bonchev–Trinajstić information content (AvgIpc) is 2.30. The zero-order chi connectivity index (χ0) is 12.1. The number of nitrogens with one attached hydrogen (secondary N) is 1. The van der Waals surface area contributed by atoms with Crippen molar-refractivity contribution >= 4 is 23.3 Å². The SMILES string of the molecule is COC(=O)c1ccc(Cl)c(NC(C)C#N)c1. The summed E-state index contributed by atoms with van der Waals surface area (Å²) in [5.74, 6) is -0.440. The number of hydrogen-bond donors (Lipinski definition) is 1. The van der Waals surface area contributed by atoms with Gasteiger partial charge in [-0.15, -0.1) is 0 Å². The molecule has 0 fully saturated rings. The molecule has 0 bridgehead atoms. The van der Waals surface area contributed by atoms with Gasteiger partial charge >= 0.3 is 5.97 Å². The van der Waals surface area contributed by atoms with E-state index < -0.39 is 5.97 Å². The predicted molar refractivity (Wildman–Crippen MR) is 61.5 cm³/mol. The van der Waals surface area contributed by atoms with Gasteiger partial charge in [-0.1, -0.05) is 11.6 Å². The molecule has 1 aromatic rings. The second-order valence-electron chi connectivity index (χ2n) is 3.18. The first-order valence-electron chi connectivity index (χ1n) is 4.62. The van der Waals surface area contributed by atoms with Crippen molar-refractivity contribution in [2.45, 2.75) is 13.0 Å². The van der Waals surface area contributed by atoms with Gasteiger partial charge in [0.05, 0.1) is 29.5 Å². The van der Waals surface area contributed by atoms with Crippen LogP contribution in [0.3, 0.4) is 0 Å². The minimum absolute atomic E-state index is 0.384. The number of nitrogens with zero attached hydrogens (tertiary/aromatic N) is 1. The number of carbonyl (C=O) groups is 1. The van der Waals surface area contributed by atoms with Crippen molar-refractivity contribution < 1.29 is 9.53 Å². The maximum atomic E-state index is 11.3. The predicted octanol–water partition coefficient (Wildman–Crippen LogP) is 2.45. The summed E-state index contributed by atoms with van der Waals surface area (Å²) in [7, 11) is 1.31. The van der Waals surface area contributed by atoms with Gasteiger partial charge in [-0.2, -0.15) is 5.26 Å². The number of rotatable bonds is 3. The summed E-state index contributed by atoms with van der Waals surface area (Å²) in [6.45, 7) is 1.70. The summed E-state index contributed by atoms with van der Waals surface area (Å²) in [6, 6.07) is 6.34. The van der Waals surface area contributed by atoms with Gasteiger partial charge in [0.1, 0.15) is 6.04 Å². The van der Waals surface area contributed by atoms with E-state index in [1.165, 1.54) is 7.11 Å². The molecule has 0 radical (unpaired) electrons. The third-order valence-corrected chi connectivity index (χ3v) is 2.28. The molecule has 1 unspecified atom stereocenters. The van der Waals surface area contributed by atoms with E-state index in [0.717, 1.165) is 0 Å².